The maximum atomic E-state index is 11.8. The Labute approximate surface area is 131 Å². The molecule has 0 bridgehead atoms. The molecule has 1 heterocycles. The minimum atomic E-state index is -1.06. The van der Waals surface area contributed by atoms with E-state index in [2.05, 4.69) is 21.2 Å². The Hall–Kier alpha value is -1.76. The predicted octanol–water partition coefficient (Wildman–Crippen LogP) is 1.55. The minimum Gasteiger partial charge on any atom is -0.487 e. The number of nitrogens with one attached hydrogen (secondary N) is 1. The van der Waals surface area contributed by atoms with Crippen LogP contribution in [0.25, 0.3) is 0 Å². The number of aliphatic carboxylic acids is 1. The van der Waals surface area contributed by atoms with Crippen LogP contribution < -0.4 is 15.0 Å². The van der Waals surface area contributed by atoms with E-state index in [0.717, 1.165) is 21.5 Å². The number of hydrogen-bond acceptors (Lipinski definition) is 4. The summed E-state index contributed by atoms with van der Waals surface area (Å²) in [4.78, 5) is 24.2. The summed E-state index contributed by atoms with van der Waals surface area (Å²) in [6, 6.07) is 3.85. The summed E-state index contributed by atoms with van der Waals surface area (Å²) in [6.07, 6.45) is -0.0367. The second-order valence-corrected chi connectivity index (χ2v) is 5.90. The quantitative estimate of drug-likeness (QED) is 0.855. The first-order chi connectivity index (χ1) is 9.86. The smallest absolute Gasteiger partial charge is 0.322 e. The molecule has 0 saturated heterocycles. The van der Waals surface area contributed by atoms with E-state index >= 15 is 0 Å². The second kappa shape index (κ2) is 6.34. The van der Waals surface area contributed by atoms with Crippen LogP contribution in [-0.2, 0) is 9.59 Å². The molecule has 7 heteroatoms. The van der Waals surface area contributed by atoms with E-state index in [4.69, 9.17) is 9.84 Å². The molecule has 1 aromatic rings. The number of benzene rings is 1. The number of rotatable bonds is 4. The number of nitrogens with zero attached hydrogens (tertiary/aromatic N) is 1. The molecule has 0 spiro atoms. The van der Waals surface area contributed by atoms with Gasteiger partial charge in [0, 0.05) is 4.47 Å². The fraction of sp³-hybridized carbons (Fsp3) is 0.429. The van der Waals surface area contributed by atoms with E-state index in [1.165, 1.54) is 0 Å². The van der Waals surface area contributed by atoms with Crippen molar-refractivity contribution in [2.75, 3.05) is 24.5 Å². The predicted molar refractivity (Wildman–Crippen MR) is 81.8 cm³/mol. The Morgan fingerprint density at radius 2 is 2.24 bits per heavy atom. The number of carbonyl (C=O) groups is 2. The molecule has 1 atom stereocenters. The van der Waals surface area contributed by atoms with Gasteiger partial charge in [0.25, 0.3) is 0 Å². The van der Waals surface area contributed by atoms with Crippen LogP contribution >= 0.6 is 15.9 Å². The van der Waals surface area contributed by atoms with Gasteiger partial charge in [-0.2, -0.15) is 0 Å². The molecule has 6 nitrogen and oxygen atoms in total. The Kier molecular flexibility index (Phi) is 4.72. The maximum absolute atomic E-state index is 11.8. The van der Waals surface area contributed by atoms with Crippen LogP contribution in [0.1, 0.15) is 12.5 Å². The number of fused-ring (bicyclic) bond motifs is 1. The Balaban J connectivity index is 2.16. The molecule has 2 rings (SSSR count). The van der Waals surface area contributed by atoms with Gasteiger partial charge in [0.15, 0.2) is 0 Å². The van der Waals surface area contributed by atoms with Gasteiger partial charge in [0.2, 0.25) is 5.91 Å². The van der Waals surface area contributed by atoms with Gasteiger partial charge >= 0.3 is 5.97 Å². The lowest BCUT2D eigenvalue weighted by atomic mass is 10.1. The Morgan fingerprint density at radius 1 is 1.52 bits per heavy atom. The van der Waals surface area contributed by atoms with E-state index in [1.54, 1.807) is 0 Å². The molecule has 1 unspecified atom stereocenters. The van der Waals surface area contributed by atoms with Crippen LogP contribution in [0.5, 0.6) is 5.75 Å². The number of hydrogen-bond donors (Lipinski definition) is 2. The van der Waals surface area contributed by atoms with Crippen molar-refractivity contribution in [1.82, 2.24) is 5.32 Å². The zero-order valence-electron chi connectivity index (χ0n) is 11.9. The highest BCUT2D eigenvalue weighted by Crippen LogP contribution is 2.37. The summed E-state index contributed by atoms with van der Waals surface area (Å²) in [6.45, 7) is 4.20. The van der Waals surface area contributed by atoms with Crippen molar-refractivity contribution in [1.29, 1.82) is 0 Å². The third-order valence-electron chi connectivity index (χ3n) is 3.16. The third-order valence-corrected chi connectivity index (χ3v) is 4.01. The average molecular weight is 357 g/mol. The lowest BCUT2D eigenvalue weighted by Crippen LogP contribution is -2.45. The summed E-state index contributed by atoms with van der Waals surface area (Å²) < 4.78 is 6.73. The van der Waals surface area contributed by atoms with Crippen LogP contribution in [0.3, 0.4) is 0 Å². The zero-order chi connectivity index (χ0) is 15.6. The molecular weight excluding hydrogens is 340 g/mol. The normalized spacial score (nSPS) is 16.9. The lowest BCUT2D eigenvalue weighted by Gasteiger charge is -2.35. The van der Waals surface area contributed by atoms with E-state index in [9.17, 15) is 9.59 Å². The van der Waals surface area contributed by atoms with Crippen LogP contribution in [0, 0.1) is 6.92 Å². The second-order valence-electron chi connectivity index (χ2n) is 5.05. The molecule has 2 N–H and O–H groups in total. The zero-order valence-corrected chi connectivity index (χ0v) is 13.4. The highest BCUT2D eigenvalue weighted by atomic mass is 79.9. The number of ether oxygens (including phenoxy) is 1. The van der Waals surface area contributed by atoms with E-state index in [0.29, 0.717) is 6.54 Å². The SMILES string of the molecule is Cc1cc2c(cc1Br)N(CC(=O)NCC(=O)O)CC(C)O2. The Bertz CT molecular complexity index is 576. The summed E-state index contributed by atoms with van der Waals surface area (Å²) in [5, 5.41) is 10.9. The van der Waals surface area contributed by atoms with Crippen molar-refractivity contribution in [2.24, 2.45) is 0 Å². The largest absolute Gasteiger partial charge is 0.487 e. The molecule has 0 aliphatic carbocycles. The Morgan fingerprint density at radius 3 is 2.90 bits per heavy atom. The van der Waals surface area contributed by atoms with E-state index < -0.39 is 5.97 Å². The minimum absolute atomic E-state index is 0.0367. The van der Waals surface area contributed by atoms with Gasteiger partial charge in [0.05, 0.1) is 18.8 Å². The van der Waals surface area contributed by atoms with Crippen LogP contribution in [-0.4, -0.2) is 42.7 Å². The number of carboxylic acid groups (broad SMARTS) is 1. The summed E-state index contributed by atoms with van der Waals surface area (Å²) in [5.74, 6) is -0.646. The van der Waals surface area contributed by atoms with Crippen LogP contribution in [0.4, 0.5) is 5.69 Å². The molecule has 0 radical (unpaired) electrons. The highest BCUT2D eigenvalue weighted by Gasteiger charge is 2.25. The standard InChI is InChI=1S/C14H17BrN2O4/c1-8-3-12-11(4-10(8)15)17(6-9(2)21-12)7-13(18)16-5-14(19)20/h3-4,9H,5-7H2,1-2H3,(H,16,18)(H,19,20). The average Bonchev–Trinajstić information content (AvgIpc) is 2.38. The van der Waals surface area contributed by atoms with Gasteiger partial charge in [-0.05, 0) is 31.5 Å². The molecular formula is C14H17BrN2O4. The van der Waals surface area contributed by atoms with E-state index in [1.807, 2.05) is 30.9 Å². The summed E-state index contributed by atoms with van der Waals surface area (Å²) >= 11 is 3.47. The van der Waals surface area contributed by atoms with Crippen LogP contribution in [0.15, 0.2) is 16.6 Å². The molecule has 114 valence electrons. The lowest BCUT2D eigenvalue weighted by molar-refractivity contribution is -0.137. The molecule has 0 saturated carbocycles. The van der Waals surface area contributed by atoms with Crippen LogP contribution in [0.2, 0.25) is 0 Å². The first kappa shape index (κ1) is 15.6. The van der Waals surface area contributed by atoms with Crippen molar-refractivity contribution in [3.63, 3.8) is 0 Å². The maximum Gasteiger partial charge on any atom is 0.322 e. The summed E-state index contributed by atoms with van der Waals surface area (Å²) in [5.41, 5.74) is 1.88. The monoisotopic (exact) mass is 356 g/mol. The molecule has 1 aliphatic rings. The van der Waals surface area contributed by atoms with Crippen molar-refractivity contribution >= 4 is 33.5 Å². The number of anilines is 1. The van der Waals surface area contributed by atoms with Gasteiger partial charge in [-0.3, -0.25) is 9.59 Å². The first-order valence-corrected chi connectivity index (χ1v) is 7.36. The van der Waals surface area contributed by atoms with Crippen molar-refractivity contribution < 1.29 is 19.4 Å². The molecule has 1 aliphatic heterocycles. The number of carboxylic acids is 1. The first-order valence-electron chi connectivity index (χ1n) is 6.57. The molecule has 21 heavy (non-hydrogen) atoms. The van der Waals surface area contributed by atoms with E-state index in [-0.39, 0.29) is 25.1 Å². The topological polar surface area (TPSA) is 78.9 Å². The van der Waals surface area contributed by atoms with Gasteiger partial charge in [-0.1, -0.05) is 15.9 Å². The summed E-state index contributed by atoms with van der Waals surface area (Å²) in [7, 11) is 0. The number of carbonyl (C=O) groups excluding carboxylic acids is 1. The molecule has 1 aromatic carbocycles. The number of amides is 1. The highest BCUT2D eigenvalue weighted by molar-refractivity contribution is 9.10. The van der Waals surface area contributed by atoms with Crippen molar-refractivity contribution in [3.05, 3.63) is 22.2 Å². The fourth-order valence-electron chi connectivity index (χ4n) is 2.20. The number of halogens is 1. The third kappa shape index (κ3) is 3.87. The van der Waals surface area contributed by atoms with Crippen molar-refractivity contribution in [3.8, 4) is 5.75 Å². The fourth-order valence-corrected chi connectivity index (χ4v) is 2.53. The van der Waals surface area contributed by atoms with Gasteiger partial charge in [-0.15, -0.1) is 0 Å². The van der Waals surface area contributed by atoms with Gasteiger partial charge in [0.1, 0.15) is 18.4 Å². The molecule has 1 amide bonds. The van der Waals surface area contributed by atoms with Gasteiger partial charge < -0.3 is 20.1 Å². The van der Waals surface area contributed by atoms with Crippen molar-refractivity contribution in [2.45, 2.75) is 20.0 Å². The molecule has 0 aromatic heterocycles. The van der Waals surface area contributed by atoms with Gasteiger partial charge in [-0.25, -0.2) is 0 Å². The molecule has 0 fully saturated rings. The number of aryl methyl sites for hydroxylation is 1.